The average molecular weight is 192 g/mol. The normalized spacial score (nSPS) is 15.1. The molecule has 0 rings (SSSR count). The van der Waals surface area contributed by atoms with Crippen molar-refractivity contribution >= 4 is 9.84 Å². The largest absolute Gasteiger partial charge is 0.229 e. The van der Waals surface area contributed by atoms with Gasteiger partial charge in [0.25, 0.3) is 0 Å². The van der Waals surface area contributed by atoms with Gasteiger partial charge in [0.15, 0.2) is 9.84 Å². The molecule has 1 unspecified atom stereocenters. The van der Waals surface area contributed by atoms with Crippen LogP contribution >= 0.6 is 0 Å². The Hall–Kier alpha value is -0.0500. The Bertz CT molecular complexity index is 205. The van der Waals surface area contributed by atoms with E-state index < -0.39 is 9.84 Å². The zero-order chi connectivity index (χ0) is 9.78. The summed E-state index contributed by atoms with van der Waals surface area (Å²) >= 11 is 0. The molecule has 3 heteroatoms. The van der Waals surface area contributed by atoms with Crippen molar-refractivity contribution in [3.05, 3.63) is 0 Å². The van der Waals surface area contributed by atoms with Crippen LogP contribution in [0.15, 0.2) is 0 Å². The van der Waals surface area contributed by atoms with Crippen LogP contribution in [0.25, 0.3) is 0 Å². The fourth-order valence-electron chi connectivity index (χ4n) is 1.03. The molecule has 1 atom stereocenters. The third kappa shape index (κ3) is 4.10. The van der Waals surface area contributed by atoms with Crippen molar-refractivity contribution in [1.29, 1.82) is 0 Å². The second kappa shape index (κ2) is 4.85. The first-order chi connectivity index (χ1) is 5.40. The highest BCUT2D eigenvalue weighted by Gasteiger charge is 2.17. The smallest absolute Gasteiger partial charge is 0.152 e. The monoisotopic (exact) mass is 192 g/mol. The van der Waals surface area contributed by atoms with E-state index in [1.807, 2.05) is 0 Å². The van der Waals surface area contributed by atoms with E-state index in [0.29, 0.717) is 5.92 Å². The van der Waals surface area contributed by atoms with E-state index in [0.717, 1.165) is 12.8 Å². The number of sulfone groups is 1. The molecule has 0 aliphatic carbocycles. The van der Waals surface area contributed by atoms with Crippen molar-refractivity contribution in [1.82, 2.24) is 0 Å². The molecule has 0 aliphatic rings. The molecule has 0 saturated heterocycles. The molecule has 0 fully saturated rings. The van der Waals surface area contributed by atoms with Gasteiger partial charge in [0.2, 0.25) is 0 Å². The summed E-state index contributed by atoms with van der Waals surface area (Å²) in [4.78, 5) is 0. The number of hydrogen-bond acceptors (Lipinski definition) is 2. The van der Waals surface area contributed by atoms with E-state index in [1.54, 1.807) is 13.8 Å². The average Bonchev–Trinajstić information content (AvgIpc) is 2.00. The van der Waals surface area contributed by atoms with Crippen LogP contribution in [0, 0.1) is 5.92 Å². The van der Waals surface area contributed by atoms with E-state index in [2.05, 4.69) is 13.8 Å². The molecule has 12 heavy (non-hydrogen) atoms. The Labute approximate surface area is 76.3 Å². The van der Waals surface area contributed by atoms with Crippen molar-refractivity contribution < 1.29 is 8.42 Å². The van der Waals surface area contributed by atoms with Crippen molar-refractivity contribution in [3.8, 4) is 0 Å². The predicted molar refractivity (Wildman–Crippen MR) is 53.0 cm³/mol. The van der Waals surface area contributed by atoms with Crippen molar-refractivity contribution in [2.75, 3.05) is 5.75 Å². The Morgan fingerprint density at radius 2 is 1.58 bits per heavy atom. The molecule has 0 heterocycles. The summed E-state index contributed by atoms with van der Waals surface area (Å²) in [6.45, 7) is 7.75. The molecule has 0 saturated carbocycles. The third-order valence-electron chi connectivity index (χ3n) is 2.17. The van der Waals surface area contributed by atoms with Gasteiger partial charge in [-0.25, -0.2) is 8.42 Å². The van der Waals surface area contributed by atoms with Gasteiger partial charge >= 0.3 is 0 Å². The first-order valence-electron chi connectivity index (χ1n) is 4.61. The van der Waals surface area contributed by atoms with Crippen molar-refractivity contribution in [3.63, 3.8) is 0 Å². The van der Waals surface area contributed by atoms with Crippen LogP contribution in [0.5, 0.6) is 0 Å². The summed E-state index contributed by atoms with van der Waals surface area (Å²) < 4.78 is 22.6. The first kappa shape index (κ1) is 11.9. The van der Waals surface area contributed by atoms with Gasteiger partial charge in [0.05, 0.1) is 5.25 Å². The van der Waals surface area contributed by atoms with Crippen LogP contribution in [-0.2, 0) is 9.84 Å². The quantitative estimate of drug-likeness (QED) is 0.669. The van der Waals surface area contributed by atoms with Gasteiger partial charge in [-0.15, -0.1) is 0 Å². The Morgan fingerprint density at radius 1 is 1.08 bits per heavy atom. The lowest BCUT2D eigenvalue weighted by Crippen LogP contribution is -2.20. The molecule has 0 spiro atoms. The van der Waals surface area contributed by atoms with Crippen molar-refractivity contribution in [2.24, 2.45) is 5.92 Å². The molecule has 0 aromatic rings. The molecule has 74 valence electrons. The Kier molecular flexibility index (Phi) is 4.83. The summed E-state index contributed by atoms with van der Waals surface area (Å²) in [6, 6.07) is 0. The maximum Gasteiger partial charge on any atom is 0.152 e. The second-order valence-electron chi connectivity index (χ2n) is 3.73. The SMILES string of the molecule is CCS(=O)(=O)C(C)CCC(C)C. The van der Waals surface area contributed by atoms with E-state index in [9.17, 15) is 8.42 Å². The lowest BCUT2D eigenvalue weighted by molar-refractivity contribution is 0.530. The molecule has 0 aliphatic heterocycles. The molecular weight excluding hydrogens is 172 g/mol. The van der Waals surface area contributed by atoms with E-state index in [-0.39, 0.29) is 11.0 Å². The van der Waals surface area contributed by atoms with Crippen LogP contribution < -0.4 is 0 Å². The topological polar surface area (TPSA) is 34.1 Å². The molecule has 0 aromatic heterocycles. The zero-order valence-electron chi connectivity index (χ0n) is 8.50. The fourth-order valence-corrected chi connectivity index (χ4v) is 2.10. The highest BCUT2D eigenvalue weighted by molar-refractivity contribution is 7.91. The maximum atomic E-state index is 11.3. The van der Waals surface area contributed by atoms with Gasteiger partial charge in [-0.1, -0.05) is 20.8 Å². The lowest BCUT2D eigenvalue weighted by atomic mass is 10.1. The van der Waals surface area contributed by atoms with Gasteiger partial charge in [-0.3, -0.25) is 0 Å². The second-order valence-corrected chi connectivity index (χ2v) is 6.44. The van der Waals surface area contributed by atoms with Crippen LogP contribution in [0.4, 0.5) is 0 Å². The summed E-state index contributed by atoms with van der Waals surface area (Å²) in [5, 5.41) is -0.162. The number of rotatable bonds is 5. The molecular formula is C9H20O2S. The van der Waals surface area contributed by atoms with Gasteiger partial charge in [-0.2, -0.15) is 0 Å². The molecule has 0 bridgehead atoms. The molecule has 2 nitrogen and oxygen atoms in total. The van der Waals surface area contributed by atoms with E-state index in [4.69, 9.17) is 0 Å². The minimum absolute atomic E-state index is 0.162. The van der Waals surface area contributed by atoms with Crippen LogP contribution in [0.1, 0.15) is 40.5 Å². The summed E-state index contributed by atoms with van der Waals surface area (Å²) in [5.41, 5.74) is 0. The Balaban J connectivity index is 3.96. The number of hydrogen-bond donors (Lipinski definition) is 0. The van der Waals surface area contributed by atoms with Gasteiger partial charge in [0.1, 0.15) is 0 Å². The van der Waals surface area contributed by atoms with Gasteiger partial charge < -0.3 is 0 Å². The fraction of sp³-hybridized carbons (Fsp3) is 1.00. The highest BCUT2D eigenvalue weighted by atomic mass is 32.2. The first-order valence-corrected chi connectivity index (χ1v) is 6.33. The van der Waals surface area contributed by atoms with Crippen LogP contribution in [0.2, 0.25) is 0 Å². The predicted octanol–water partition coefficient (Wildman–Crippen LogP) is 2.25. The molecule has 0 N–H and O–H groups in total. The maximum absolute atomic E-state index is 11.3. The van der Waals surface area contributed by atoms with Gasteiger partial charge in [0, 0.05) is 5.75 Å². The van der Waals surface area contributed by atoms with Crippen molar-refractivity contribution in [2.45, 2.75) is 45.8 Å². The highest BCUT2D eigenvalue weighted by Crippen LogP contribution is 2.13. The lowest BCUT2D eigenvalue weighted by Gasteiger charge is -2.12. The molecule has 0 aromatic carbocycles. The van der Waals surface area contributed by atoms with E-state index in [1.165, 1.54) is 0 Å². The summed E-state index contributed by atoms with van der Waals surface area (Å²) in [7, 11) is -2.79. The summed E-state index contributed by atoms with van der Waals surface area (Å²) in [6.07, 6.45) is 1.80. The minimum Gasteiger partial charge on any atom is -0.229 e. The third-order valence-corrected chi connectivity index (χ3v) is 4.43. The molecule has 0 amide bonds. The van der Waals surface area contributed by atoms with E-state index >= 15 is 0 Å². The summed E-state index contributed by atoms with van der Waals surface area (Å²) in [5.74, 6) is 0.867. The zero-order valence-corrected chi connectivity index (χ0v) is 9.32. The Morgan fingerprint density at radius 3 is 1.92 bits per heavy atom. The minimum atomic E-state index is -2.79. The van der Waals surface area contributed by atoms with Gasteiger partial charge in [-0.05, 0) is 25.7 Å². The molecule has 0 radical (unpaired) electrons. The van der Waals surface area contributed by atoms with Crippen LogP contribution in [-0.4, -0.2) is 19.4 Å². The van der Waals surface area contributed by atoms with Crippen LogP contribution in [0.3, 0.4) is 0 Å². The standard InChI is InChI=1S/C9H20O2S/c1-5-12(10,11)9(4)7-6-8(2)3/h8-9H,5-7H2,1-4H3.